The van der Waals surface area contributed by atoms with E-state index in [2.05, 4.69) is 27.7 Å². The summed E-state index contributed by atoms with van der Waals surface area (Å²) < 4.78 is 11.3. The molecule has 1 unspecified atom stereocenters. The Morgan fingerprint density at radius 2 is 1.69 bits per heavy atom. The minimum atomic E-state index is -0.585. The van der Waals surface area contributed by atoms with Crippen LogP contribution in [-0.4, -0.2) is 35.1 Å². The van der Waals surface area contributed by atoms with Crippen LogP contribution in [0.5, 0.6) is 0 Å². The second-order valence-corrected chi connectivity index (χ2v) is 6.59. The average Bonchev–Trinajstić information content (AvgIpc) is 2.29. The first-order valence-corrected chi connectivity index (χ1v) is 6.14. The van der Waals surface area contributed by atoms with Gasteiger partial charge in [0.2, 0.25) is 0 Å². The Labute approximate surface area is 98.1 Å². The molecule has 0 bridgehead atoms. The molecule has 1 saturated heterocycles. The molecule has 94 valence electrons. The van der Waals surface area contributed by atoms with Gasteiger partial charge in [0.15, 0.2) is 0 Å². The molecular formula is C13H24O3. The van der Waals surface area contributed by atoms with Crippen molar-refractivity contribution in [1.29, 1.82) is 0 Å². The molecule has 0 amide bonds. The summed E-state index contributed by atoms with van der Waals surface area (Å²) in [4.78, 5) is 0. The van der Waals surface area contributed by atoms with Crippen LogP contribution in [0.3, 0.4) is 0 Å². The zero-order valence-electron chi connectivity index (χ0n) is 11.0. The van der Waals surface area contributed by atoms with Gasteiger partial charge in [0.25, 0.3) is 0 Å². The lowest BCUT2D eigenvalue weighted by Crippen LogP contribution is -2.57. The van der Waals surface area contributed by atoms with Gasteiger partial charge >= 0.3 is 0 Å². The molecule has 0 aromatic rings. The van der Waals surface area contributed by atoms with Gasteiger partial charge in [-0.05, 0) is 34.1 Å². The average molecular weight is 228 g/mol. The van der Waals surface area contributed by atoms with Crippen LogP contribution in [0.15, 0.2) is 0 Å². The van der Waals surface area contributed by atoms with Crippen LogP contribution in [0.2, 0.25) is 0 Å². The number of ether oxygens (including phenoxy) is 2. The predicted octanol–water partition coefficient (Wildman–Crippen LogP) is 2.12. The van der Waals surface area contributed by atoms with Crippen molar-refractivity contribution in [3.05, 3.63) is 0 Å². The van der Waals surface area contributed by atoms with Crippen molar-refractivity contribution < 1.29 is 14.6 Å². The lowest BCUT2D eigenvalue weighted by molar-refractivity contribution is -0.185. The number of methoxy groups -OCH3 is 1. The van der Waals surface area contributed by atoms with Crippen LogP contribution in [-0.2, 0) is 9.47 Å². The number of hydrogen-bond acceptors (Lipinski definition) is 3. The molecule has 0 aromatic heterocycles. The third-order valence-corrected chi connectivity index (χ3v) is 4.22. The highest BCUT2D eigenvalue weighted by Gasteiger charge is 2.59. The Morgan fingerprint density at radius 3 is 2.06 bits per heavy atom. The standard InChI is InChI=1S/C13H24O3/c1-11(2)8-10(12(3,4)16-11)13(14)6-9(7-13)15-5/h9-10,14H,6-8H2,1-5H3. The number of aliphatic hydroxyl groups is 1. The van der Waals surface area contributed by atoms with Crippen molar-refractivity contribution in [3.63, 3.8) is 0 Å². The zero-order valence-corrected chi connectivity index (χ0v) is 11.0. The summed E-state index contributed by atoms with van der Waals surface area (Å²) in [5.74, 6) is 0.210. The molecule has 1 saturated carbocycles. The fourth-order valence-corrected chi connectivity index (χ4v) is 3.58. The van der Waals surface area contributed by atoms with Crippen molar-refractivity contribution in [2.45, 2.75) is 69.9 Å². The summed E-state index contributed by atoms with van der Waals surface area (Å²) >= 11 is 0. The molecule has 1 aliphatic carbocycles. The second-order valence-electron chi connectivity index (χ2n) is 6.59. The molecule has 1 heterocycles. The molecule has 1 atom stereocenters. The normalized spacial score (nSPS) is 45.4. The molecule has 3 heteroatoms. The molecule has 0 aromatic carbocycles. The van der Waals surface area contributed by atoms with E-state index in [1.165, 1.54) is 0 Å². The van der Waals surface area contributed by atoms with Crippen LogP contribution in [0, 0.1) is 5.92 Å². The van der Waals surface area contributed by atoms with Gasteiger partial charge in [-0.1, -0.05) is 0 Å². The molecule has 1 aliphatic heterocycles. The maximum Gasteiger partial charge on any atom is 0.0753 e. The summed E-state index contributed by atoms with van der Waals surface area (Å²) in [6.45, 7) is 8.38. The Bertz CT molecular complexity index is 277. The smallest absolute Gasteiger partial charge is 0.0753 e. The van der Waals surface area contributed by atoms with Gasteiger partial charge in [0, 0.05) is 25.9 Å². The van der Waals surface area contributed by atoms with Crippen molar-refractivity contribution in [2.75, 3.05) is 7.11 Å². The van der Waals surface area contributed by atoms with Gasteiger partial charge in [-0.25, -0.2) is 0 Å². The maximum absolute atomic E-state index is 10.6. The SMILES string of the molecule is COC1CC(O)(C2CC(C)(C)OC2(C)C)C1. The Kier molecular flexibility index (Phi) is 2.65. The van der Waals surface area contributed by atoms with Crippen molar-refractivity contribution >= 4 is 0 Å². The molecule has 2 aliphatic rings. The molecule has 0 radical (unpaired) electrons. The number of hydrogen-bond donors (Lipinski definition) is 1. The van der Waals surface area contributed by atoms with Crippen LogP contribution in [0.4, 0.5) is 0 Å². The highest BCUT2D eigenvalue weighted by Crippen LogP contribution is 2.53. The van der Waals surface area contributed by atoms with Crippen LogP contribution >= 0.6 is 0 Å². The van der Waals surface area contributed by atoms with Gasteiger partial charge < -0.3 is 14.6 Å². The topological polar surface area (TPSA) is 38.7 Å². The van der Waals surface area contributed by atoms with E-state index < -0.39 is 5.60 Å². The van der Waals surface area contributed by atoms with E-state index in [9.17, 15) is 5.11 Å². The zero-order chi connectivity index (χ0) is 12.2. The van der Waals surface area contributed by atoms with Crippen LogP contribution in [0.25, 0.3) is 0 Å². The minimum absolute atomic E-state index is 0.123. The third-order valence-electron chi connectivity index (χ3n) is 4.22. The lowest BCUT2D eigenvalue weighted by atomic mass is 9.63. The third kappa shape index (κ3) is 1.89. The van der Waals surface area contributed by atoms with Crippen molar-refractivity contribution in [2.24, 2.45) is 5.92 Å². The Morgan fingerprint density at radius 1 is 1.12 bits per heavy atom. The van der Waals surface area contributed by atoms with E-state index in [-0.39, 0.29) is 23.2 Å². The Balaban J connectivity index is 2.11. The highest BCUT2D eigenvalue weighted by molar-refractivity contribution is 5.09. The summed E-state index contributed by atoms with van der Waals surface area (Å²) in [6, 6.07) is 0. The van der Waals surface area contributed by atoms with E-state index in [0.29, 0.717) is 0 Å². The maximum atomic E-state index is 10.6. The molecule has 2 rings (SSSR count). The van der Waals surface area contributed by atoms with Crippen LogP contribution < -0.4 is 0 Å². The largest absolute Gasteiger partial charge is 0.389 e. The van der Waals surface area contributed by atoms with Gasteiger partial charge in [-0.3, -0.25) is 0 Å². The fraction of sp³-hybridized carbons (Fsp3) is 1.00. The number of rotatable bonds is 2. The van der Waals surface area contributed by atoms with E-state index in [4.69, 9.17) is 9.47 Å². The Hall–Kier alpha value is -0.120. The van der Waals surface area contributed by atoms with Gasteiger partial charge in [-0.15, -0.1) is 0 Å². The second kappa shape index (κ2) is 3.44. The van der Waals surface area contributed by atoms with Gasteiger partial charge in [0.05, 0.1) is 22.9 Å². The van der Waals surface area contributed by atoms with Gasteiger partial charge in [0.1, 0.15) is 0 Å². The summed E-state index contributed by atoms with van der Waals surface area (Å²) in [6.07, 6.45) is 2.64. The first-order chi connectivity index (χ1) is 7.19. The lowest BCUT2D eigenvalue weighted by Gasteiger charge is -2.49. The molecule has 16 heavy (non-hydrogen) atoms. The summed E-state index contributed by atoms with van der Waals surface area (Å²) in [5.41, 5.74) is -0.947. The van der Waals surface area contributed by atoms with Gasteiger partial charge in [-0.2, -0.15) is 0 Å². The minimum Gasteiger partial charge on any atom is -0.389 e. The summed E-state index contributed by atoms with van der Waals surface area (Å²) in [5, 5.41) is 10.6. The fourth-order valence-electron chi connectivity index (χ4n) is 3.58. The molecule has 0 spiro atoms. The van der Waals surface area contributed by atoms with Crippen molar-refractivity contribution in [1.82, 2.24) is 0 Å². The van der Waals surface area contributed by atoms with E-state index >= 15 is 0 Å². The van der Waals surface area contributed by atoms with Crippen molar-refractivity contribution in [3.8, 4) is 0 Å². The first-order valence-electron chi connectivity index (χ1n) is 6.14. The molecule has 3 nitrogen and oxygen atoms in total. The van der Waals surface area contributed by atoms with E-state index in [0.717, 1.165) is 19.3 Å². The van der Waals surface area contributed by atoms with E-state index in [1.807, 2.05) is 0 Å². The highest BCUT2D eigenvalue weighted by atomic mass is 16.5. The quantitative estimate of drug-likeness (QED) is 0.787. The molecule has 1 N–H and O–H groups in total. The first kappa shape index (κ1) is 12.3. The summed E-state index contributed by atoms with van der Waals surface area (Å²) in [7, 11) is 1.71. The van der Waals surface area contributed by atoms with Crippen LogP contribution in [0.1, 0.15) is 47.0 Å². The molecular weight excluding hydrogens is 204 g/mol. The monoisotopic (exact) mass is 228 g/mol. The predicted molar refractivity (Wildman–Crippen MR) is 62.3 cm³/mol. The molecule has 2 fully saturated rings. The van der Waals surface area contributed by atoms with E-state index in [1.54, 1.807) is 7.11 Å².